The lowest BCUT2D eigenvalue weighted by molar-refractivity contribution is 0.0707. The van der Waals surface area contributed by atoms with E-state index in [1.54, 1.807) is 48.2 Å². The lowest BCUT2D eigenvalue weighted by Crippen LogP contribution is -2.35. The van der Waals surface area contributed by atoms with Gasteiger partial charge < -0.3 is 4.74 Å². The van der Waals surface area contributed by atoms with E-state index in [9.17, 15) is 18.4 Å². The number of anilines is 1. The fourth-order valence-electron chi connectivity index (χ4n) is 4.26. The molecule has 35 heavy (non-hydrogen) atoms. The van der Waals surface area contributed by atoms with Crippen molar-refractivity contribution in [3.63, 3.8) is 0 Å². The average molecular weight is 497 g/mol. The van der Waals surface area contributed by atoms with Gasteiger partial charge in [0.25, 0.3) is 15.9 Å². The van der Waals surface area contributed by atoms with E-state index in [0.717, 1.165) is 25.9 Å². The molecule has 1 amide bonds. The molecule has 0 spiro atoms. The van der Waals surface area contributed by atoms with Crippen molar-refractivity contribution >= 4 is 21.6 Å². The van der Waals surface area contributed by atoms with Crippen LogP contribution >= 0.6 is 0 Å². The molecule has 9 nitrogen and oxygen atoms in total. The number of hydrogen-bond acceptors (Lipinski definition) is 7. The minimum absolute atomic E-state index is 0.0496. The number of hydrogen-bond donors (Lipinski definition) is 2. The number of sulfonamides is 1. The minimum atomic E-state index is -4.13. The zero-order chi connectivity index (χ0) is 24.8. The molecule has 1 saturated heterocycles. The maximum Gasteiger partial charge on any atom is 0.276 e. The molecule has 1 aromatic heterocycles. The van der Waals surface area contributed by atoms with Crippen LogP contribution < -0.4 is 14.5 Å². The number of ether oxygens (including phenoxy) is 1. The second kappa shape index (κ2) is 10.9. The Bertz CT molecular complexity index is 1260. The smallest absolute Gasteiger partial charge is 0.276 e. The van der Waals surface area contributed by atoms with E-state index >= 15 is 0 Å². The van der Waals surface area contributed by atoms with Crippen molar-refractivity contribution < 1.29 is 23.2 Å². The Kier molecular flexibility index (Phi) is 7.64. The standard InChI is InChI=1S/C25H28N4O5S/c1-34-21-9-11-22(12-10-21)35(32,33)29(17-19-6-5-13-26-16-19)24-20(18-28-14-2-3-15-28)7-4-8-23(24)25(30)27-31/h4-13,16,31H,2-3,14-15,17-18H2,1H3,(H,27,30). The van der Waals surface area contributed by atoms with E-state index in [1.807, 2.05) is 6.07 Å². The molecule has 4 rings (SSSR count). The summed E-state index contributed by atoms with van der Waals surface area (Å²) in [5.41, 5.74) is 3.28. The molecular weight excluding hydrogens is 468 g/mol. The number of hydroxylamine groups is 1. The fraction of sp³-hybridized carbons (Fsp3) is 0.280. The lowest BCUT2D eigenvalue weighted by atomic mass is 10.1. The lowest BCUT2D eigenvalue weighted by Gasteiger charge is -2.30. The van der Waals surface area contributed by atoms with Crippen molar-refractivity contribution in [2.45, 2.75) is 30.8 Å². The molecule has 2 aromatic carbocycles. The summed E-state index contributed by atoms with van der Waals surface area (Å²) in [6.07, 6.45) is 5.33. The molecule has 1 aliphatic heterocycles. The SMILES string of the molecule is COc1ccc(S(=O)(=O)N(Cc2cccnc2)c2c(CN3CCCC3)cccc2C(=O)NO)cc1. The summed E-state index contributed by atoms with van der Waals surface area (Å²) in [6, 6.07) is 14.6. The Hall–Kier alpha value is -3.47. The Labute approximate surface area is 205 Å². The van der Waals surface area contributed by atoms with Crippen LogP contribution in [0, 0.1) is 0 Å². The molecule has 10 heteroatoms. The van der Waals surface area contributed by atoms with Gasteiger partial charge in [0.1, 0.15) is 5.75 Å². The number of pyridine rings is 1. The van der Waals surface area contributed by atoms with E-state index in [1.165, 1.54) is 29.6 Å². The zero-order valence-corrected chi connectivity index (χ0v) is 20.2. The Morgan fingerprint density at radius 1 is 1.11 bits per heavy atom. The molecule has 0 aliphatic carbocycles. The highest BCUT2D eigenvalue weighted by Gasteiger charge is 2.31. The summed E-state index contributed by atoms with van der Waals surface area (Å²) in [5, 5.41) is 9.43. The molecule has 1 aliphatic rings. The number of nitrogens with one attached hydrogen (secondary N) is 1. The van der Waals surface area contributed by atoms with Crippen LogP contribution in [0.1, 0.15) is 34.3 Å². The number of amides is 1. The highest BCUT2D eigenvalue weighted by atomic mass is 32.2. The van der Waals surface area contributed by atoms with Crippen LogP contribution in [0.3, 0.4) is 0 Å². The van der Waals surface area contributed by atoms with E-state index in [0.29, 0.717) is 23.4 Å². The van der Waals surface area contributed by atoms with Gasteiger partial charge in [-0.2, -0.15) is 0 Å². The summed E-state index contributed by atoms with van der Waals surface area (Å²) < 4.78 is 34.5. The maximum absolute atomic E-state index is 14.0. The quantitative estimate of drug-likeness (QED) is 0.346. The summed E-state index contributed by atoms with van der Waals surface area (Å²) in [7, 11) is -2.62. The number of benzene rings is 2. The van der Waals surface area contributed by atoms with Crippen molar-refractivity contribution in [2.24, 2.45) is 0 Å². The largest absolute Gasteiger partial charge is 0.497 e. The molecule has 0 radical (unpaired) electrons. The predicted octanol–water partition coefficient (Wildman–Crippen LogP) is 3.20. The van der Waals surface area contributed by atoms with Gasteiger partial charge in [-0.3, -0.25) is 24.2 Å². The number of likely N-dealkylation sites (tertiary alicyclic amines) is 1. The number of aromatic nitrogens is 1. The monoisotopic (exact) mass is 496 g/mol. The van der Waals surface area contributed by atoms with Gasteiger partial charge in [0.15, 0.2) is 0 Å². The van der Waals surface area contributed by atoms with Crippen LogP contribution in [0.4, 0.5) is 5.69 Å². The van der Waals surface area contributed by atoms with Gasteiger partial charge in [-0.25, -0.2) is 13.9 Å². The first-order valence-corrected chi connectivity index (χ1v) is 12.7. The molecule has 184 valence electrons. The number of carbonyl (C=O) groups excluding carboxylic acids is 1. The Morgan fingerprint density at radius 2 is 1.86 bits per heavy atom. The van der Waals surface area contributed by atoms with Gasteiger partial charge >= 0.3 is 0 Å². The third-order valence-electron chi connectivity index (χ3n) is 6.00. The summed E-state index contributed by atoms with van der Waals surface area (Å²) in [6.45, 7) is 2.21. The number of rotatable bonds is 9. The molecule has 0 bridgehead atoms. The number of carbonyl (C=O) groups is 1. The van der Waals surface area contributed by atoms with Gasteiger partial charge in [-0.1, -0.05) is 18.2 Å². The molecule has 2 heterocycles. The summed E-state index contributed by atoms with van der Waals surface area (Å²) >= 11 is 0. The molecular formula is C25H28N4O5S. The highest BCUT2D eigenvalue weighted by molar-refractivity contribution is 7.92. The molecule has 0 unspecified atom stereocenters. The fourth-order valence-corrected chi connectivity index (χ4v) is 5.76. The Morgan fingerprint density at radius 3 is 2.49 bits per heavy atom. The van der Waals surface area contributed by atoms with Gasteiger partial charge in [-0.05, 0) is 73.5 Å². The number of methoxy groups -OCH3 is 1. The molecule has 3 aromatic rings. The summed E-state index contributed by atoms with van der Waals surface area (Å²) in [5.74, 6) is -0.262. The normalized spacial score (nSPS) is 14.0. The topological polar surface area (TPSA) is 112 Å². The summed E-state index contributed by atoms with van der Waals surface area (Å²) in [4.78, 5) is 19.1. The average Bonchev–Trinajstić information content (AvgIpc) is 3.40. The number of para-hydroxylation sites is 1. The van der Waals surface area contributed by atoms with Crippen LogP contribution in [0.25, 0.3) is 0 Å². The van der Waals surface area contributed by atoms with E-state index in [4.69, 9.17) is 4.74 Å². The zero-order valence-electron chi connectivity index (χ0n) is 19.4. The molecule has 1 fully saturated rings. The maximum atomic E-state index is 14.0. The van der Waals surface area contributed by atoms with Crippen LogP contribution in [0.2, 0.25) is 0 Å². The first kappa shape index (κ1) is 24.6. The van der Waals surface area contributed by atoms with Crippen molar-refractivity contribution in [3.05, 3.63) is 83.7 Å². The Balaban J connectivity index is 1.89. The van der Waals surface area contributed by atoms with E-state index in [-0.39, 0.29) is 22.7 Å². The second-order valence-electron chi connectivity index (χ2n) is 8.29. The van der Waals surface area contributed by atoms with Crippen molar-refractivity contribution in [3.8, 4) is 5.75 Å². The van der Waals surface area contributed by atoms with Crippen LogP contribution in [0.15, 0.2) is 71.9 Å². The first-order chi connectivity index (χ1) is 16.9. The third-order valence-corrected chi connectivity index (χ3v) is 7.76. The van der Waals surface area contributed by atoms with Crippen LogP contribution in [-0.2, 0) is 23.1 Å². The second-order valence-corrected chi connectivity index (χ2v) is 10.1. The van der Waals surface area contributed by atoms with Crippen molar-refractivity contribution in [1.29, 1.82) is 0 Å². The molecule has 0 saturated carbocycles. The van der Waals surface area contributed by atoms with Gasteiger partial charge in [0, 0.05) is 18.9 Å². The van der Waals surface area contributed by atoms with Gasteiger partial charge in [-0.15, -0.1) is 0 Å². The van der Waals surface area contributed by atoms with Crippen LogP contribution in [0.5, 0.6) is 5.75 Å². The molecule has 2 N–H and O–H groups in total. The van der Waals surface area contributed by atoms with E-state index in [2.05, 4.69) is 9.88 Å². The van der Waals surface area contributed by atoms with Crippen molar-refractivity contribution in [1.82, 2.24) is 15.4 Å². The molecule has 0 atom stereocenters. The van der Waals surface area contributed by atoms with Gasteiger partial charge in [0.2, 0.25) is 0 Å². The highest BCUT2D eigenvalue weighted by Crippen LogP contribution is 2.34. The minimum Gasteiger partial charge on any atom is -0.497 e. The van der Waals surface area contributed by atoms with Crippen molar-refractivity contribution in [2.75, 3.05) is 24.5 Å². The predicted molar refractivity (Wildman–Crippen MR) is 131 cm³/mol. The third kappa shape index (κ3) is 5.45. The number of nitrogens with zero attached hydrogens (tertiary/aromatic N) is 3. The van der Waals surface area contributed by atoms with Gasteiger partial charge in [0.05, 0.1) is 29.8 Å². The van der Waals surface area contributed by atoms with Crippen LogP contribution in [-0.4, -0.2) is 49.6 Å². The van der Waals surface area contributed by atoms with E-state index < -0.39 is 15.9 Å². The first-order valence-electron chi connectivity index (χ1n) is 11.3.